The van der Waals surface area contributed by atoms with Crippen LogP contribution >= 0.6 is 19.6 Å². The maximum atomic E-state index is 12.1. The first-order chi connectivity index (χ1) is 11.5. The Bertz CT molecular complexity index is 358. The quantitative estimate of drug-likeness (QED) is 0.279. The standard InChI is InChI=1S/C16H33O6PS/c1-5-7-8-9-10-11-16(17)24-15(13-21-12-6-2)14-22-23(18,19-3)20-4/h15H,5-14H2,1-4H3/t15-/m0/s1. The summed E-state index contributed by atoms with van der Waals surface area (Å²) in [6, 6.07) is 0. The number of carbonyl (C=O) groups is 1. The molecule has 0 unspecified atom stereocenters. The lowest BCUT2D eigenvalue weighted by Crippen LogP contribution is -2.21. The van der Waals surface area contributed by atoms with Crippen LogP contribution in [0.25, 0.3) is 0 Å². The first kappa shape index (κ1) is 24.1. The Morgan fingerprint density at radius 3 is 2.25 bits per heavy atom. The number of thioether (sulfide) groups is 1. The molecule has 0 aromatic rings. The normalized spacial score (nSPS) is 13.2. The van der Waals surface area contributed by atoms with Crippen LogP contribution in [0.4, 0.5) is 0 Å². The zero-order valence-electron chi connectivity index (χ0n) is 15.5. The molecule has 0 fully saturated rings. The number of rotatable bonds is 16. The molecule has 24 heavy (non-hydrogen) atoms. The van der Waals surface area contributed by atoms with Crippen molar-refractivity contribution in [3.8, 4) is 0 Å². The zero-order valence-corrected chi connectivity index (χ0v) is 17.2. The van der Waals surface area contributed by atoms with Gasteiger partial charge in [0.1, 0.15) is 0 Å². The Hall–Kier alpha value is 0.0900. The minimum Gasteiger partial charge on any atom is -0.380 e. The van der Waals surface area contributed by atoms with Gasteiger partial charge in [0.25, 0.3) is 0 Å². The van der Waals surface area contributed by atoms with Crippen molar-refractivity contribution in [2.75, 3.05) is 34.0 Å². The van der Waals surface area contributed by atoms with Crippen molar-refractivity contribution in [3.05, 3.63) is 0 Å². The fourth-order valence-electron chi connectivity index (χ4n) is 1.95. The second-order valence-electron chi connectivity index (χ2n) is 5.46. The molecule has 0 aliphatic heterocycles. The topological polar surface area (TPSA) is 71.1 Å². The van der Waals surface area contributed by atoms with Gasteiger partial charge in [0, 0.05) is 27.2 Å². The lowest BCUT2D eigenvalue weighted by atomic mass is 10.1. The Labute approximate surface area is 151 Å². The molecule has 0 radical (unpaired) electrons. The van der Waals surface area contributed by atoms with Crippen molar-refractivity contribution in [3.63, 3.8) is 0 Å². The first-order valence-electron chi connectivity index (χ1n) is 8.64. The number of ether oxygens (including phenoxy) is 1. The first-order valence-corrected chi connectivity index (χ1v) is 11.0. The predicted molar refractivity (Wildman–Crippen MR) is 98.4 cm³/mol. The van der Waals surface area contributed by atoms with Gasteiger partial charge in [-0.3, -0.25) is 18.4 Å². The molecule has 0 heterocycles. The number of unbranched alkanes of at least 4 members (excludes halogenated alkanes) is 4. The molecule has 0 aliphatic rings. The highest BCUT2D eigenvalue weighted by Gasteiger charge is 2.26. The van der Waals surface area contributed by atoms with E-state index in [1.54, 1.807) is 0 Å². The van der Waals surface area contributed by atoms with Crippen molar-refractivity contribution in [2.24, 2.45) is 0 Å². The number of phosphoric acid groups is 1. The van der Waals surface area contributed by atoms with E-state index in [-0.39, 0.29) is 17.0 Å². The van der Waals surface area contributed by atoms with Crippen molar-refractivity contribution in [1.82, 2.24) is 0 Å². The third-order valence-corrected chi connectivity index (χ3v) is 5.73. The molecule has 0 rings (SSSR count). The van der Waals surface area contributed by atoms with Gasteiger partial charge in [0.2, 0.25) is 0 Å². The Kier molecular flexibility index (Phi) is 15.4. The third-order valence-electron chi connectivity index (χ3n) is 3.30. The Morgan fingerprint density at radius 2 is 1.67 bits per heavy atom. The molecule has 0 aromatic carbocycles. The van der Waals surface area contributed by atoms with Crippen LogP contribution in [0.3, 0.4) is 0 Å². The molecule has 0 bridgehead atoms. The molecule has 8 heteroatoms. The average molecular weight is 384 g/mol. The SMILES string of the molecule is CCCCCCCC(=O)S[C@@H](COCCC)COP(=O)(OC)OC. The van der Waals surface area contributed by atoms with E-state index in [9.17, 15) is 9.36 Å². The van der Waals surface area contributed by atoms with Crippen molar-refractivity contribution in [2.45, 2.75) is 64.0 Å². The van der Waals surface area contributed by atoms with Crippen LogP contribution in [-0.4, -0.2) is 44.4 Å². The van der Waals surface area contributed by atoms with E-state index < -0.39 is 7.82 Å². The zero-order chi connectivity index (χ0) is 18.3. The highest BCUT2D eigenvalue weighted by atomic mass is 32.2. The van der Waals surface area contributed by atoms with Crippen molar-refractivity contribution in [1.29, 1.82) is 0 Å². The maximum absolute atomic E-state index is 12.1. The summed E-state index contributed by atoms with van der Waals surface area (Å²) in [5.74, 6) is 0. The van der Waals surface area contributed by atoms with Crippen molar-refractivity contribution >= 4 is 24.7 Å². The number of hydrogen-bond acceptors (Lipinski definition) is 7. The fraction of sp³-hybridized carbons (Fsp3) is 0.938. The van der Waals surface area contributed by atoms with Gasteiger partial charge in [0.15, 0.2) is 5.12 Å². The second kappa shape index (κ2) is 15.4. The molecule has 1 atom stereocenters. The van der Waals surface area contributed by atoms with E-state index >= 15 is 0 Å². The number of hydrogen-bond donors (Lipinski definition) is 0. The summed E-state index contributed by atoms with van der Waals surface area (Å²) >= 11 is 1.20. The molecule has 144 valence electrons. The van der Waals surface area contributed by atoms with E-state index in [0.29, 0.717) is 19.6 Å². The second-order valence-corrected chi connectivity index (χ2v) is 8.70. The number of phosphoric ester groups is 1. The van der Waals surface area contributed by atoms with Gasteiger partial charge in [-0.1, -0.05) is 51.3 Å². The summed E-state index contributed by atoms with van der Waals surface area (Å²) < 4.78 is 32.2. The van der Waals surface area contributed by atoms with Gasteiger partial charge in [-0.15, -0.1) is 0 Å². The smallest absolute Gasteiger partial charge is 0.380 e. The molecule has 0 spiro atoms. The van der Waals surface area contributed by atoms with Gasteiger partial charge < -0.3 is 4.74 Å². The van der Waals surface area contributed by atoms with Crippen LogP contribution < -0.4 is 0 Å². The van der Waals surface area contributed by atoms with Crippen LogP contribution in [0.1, 0.15) is 58.8 Å². The van der Waals surface area contributed by atoms with Gasteiger partial charge in [0.05, 0.1) is 18.5 Å². The summed E-state index contributed by atoms with van der Waals surface area (Å²) in [5, 5.41) is -0.108. The van der Waals surface area contributed by atoms with E-state index in [1.165, 1.54) is 45.2 Å². The summed E-state index contributed by atoms with van der Waals surface area (Å²) in [5.41, 5.74) is 0. The van der Waals surface area contributed by atoms with Crippen molar-refractivity contribution < 1.29 is 27.7 Å². The summed E-state index contributed by atoms with van der Waals surface area (Å²) in [4.78, 5) is 12.1. The third kappa shape index (κ3) is 12.5. The fourth-order valence-corrected chi connectivity index (χ4v) is 3.70. The molecule has 0 saturated heterocycles. The monoisotopic (exact) mass is 384 g/mol. The van der Waals surface area contributed by atoms with Gasteiger partial charge >= 0.3 is 7.82 Å². The van der Waals surface area contributed by atoms with Crippen LogP contribution in [0.2, 0.25) is 0 Å². The predicted octanol–water partition coefficient (Wildman–Crippen LogP) is 4.82. The van der Waals surface area contributed by atoms with Crippen LogP contribution in [0.15, 0.2) is 0 Å². The Balaban J connectivity index is 4.28. The van der Waals surface area contributed by atoms with Gasteiger partial charge in [-0.25, -0.2) is 4.57 Å². The average Bonchev–Trinajstić information content (AvgIpc) is 2.59. The van der Waals surface area contributed by atoms with Crippen LogP contribution in [-0.2, 0) is 27.7 Å². The number of carbonyl (C=O) groups excluding carboxylic acids is 1. The van der Waals surface area contributed by atoms with E-state index in [2.05, 4.69) is 6.92 Å². The van der Waals surface area contributed by atoms with E-state index in [4.69, 9.17) is 18.3 Å². The lowest BCUT2D eigenvalue weighted by Gasteiger charge is -2.19. The summed E-state index contributed by atoms with van der Waals surface area (Å²) in [6.07, 6.45) is 7.01. The minimum atomic E-state index is -3.53. The molecular weight excluding hydrogens is 351 g/mol. The Morgan fingerprint density at radius 1 is 1.00 bits per heavy atom. The van der Waals surface area contributed by atoms with E-state index in [1.807, 2.05) is 6.92 Å². The van der Waals surface area contributed by atoms with Crippen LogP contribution in [0.5, 0.6) is 0 Å². The highest BCUT2D eigenvalue weighted by molar-refractivity contribution is 8.14. The minimum absolute atomic E-state index is 0.0783. The van der Waals surface area contributed by atoms with Gasteiger partial charge in [-0.2, -0.15) is 0 Å². The summed E-state index contributed by atoms with van der Waals surface area (Å²) in [6.45, 7) is 5.25. The van der Waals surface area contributed by atoms with Crippen LogP contribution in [0, 0.1) is 0 Å². The molecule has 0 amide bonds. The molecule has 6 nitrogen and oxygen atoms in total. The molecule has 0 aromatic heterocycles. The van der Waals surface area contributed by atoms with Gasteiger partial charge in [-0.05, 0) is 12.8 Å². The maximum Gasteiger partial charge on any atom is 0.474 e. The summed E-state index contributed by atoms with van der Waals surface area (Å²) in [7, 11) is -1.00. The largest absolute Gasteiger partial charge is 0.474 e. The molecular formula is C16H33O6PS. The molecule has 0 saturated carbocycles. The highest BCUT2D eigenvalue weighted by Crippen LogP contribution is 2.47. The lowest BCUT2D eigenvalue weighted by molar-refractivity contribution is -0.111. The molecule has 0 N–H and O–H groups in total. The van der Waals surface area contributed by atoms with E-state index in [0.717, 1.165) is 19.3 Å². The molecule has 0 aliphatic carbocycles.